The van der Waals surface area contributed by atoms with Crippen LogP contribution in [0.4, 0.5) is 0 Å². The van der Waals surface area contributed by atoms with E-state index >= 15 is 0 Å². The molecule has 92 valence electrons. The number of benzene rings is 1. The van der Waals surface area contributed by atoms with E-state index < -0.39 is 0 Å². The van der Waals surface area contributed by atoms with Crippen LogP contribution in [-0.2, 0) is 11.2 Å². The number of amides is 1. The Morgan fingerprint density at radius 3 is 2.89 bits per heavy atom. The van der Waals surface area contributed by atoms with E-state index in [1.165, 1.54) is 17.6 Å². The lowest BCUT2D eigenvalue weighted by Crippen LogP contribution is -2.19. The van der Waals surface area contributed by atoms with Crippen molar-refractivity contribution >= 4 is 23.5 Å². The Labute approximate surface area is 109 Å². The van der Waals surface area contributed by atoms with Crippen LogP contribution in [0.2, 0.25) is 0 Å². The van der Waals surface area contributed by atoms with Crippen molar-refractivity contribution in [1.29, 1.82) is 0 Å². The number of hydrogen-bond acceptors (Lipinski definition) is 4. The van der Waals surface area contributed by atoms with Gasteiger partial charge in [0.15, 0.2) is 0 Å². The lowest BCUT2D eigenvalue weighted by molar-refractivity contribution is -0.120. The molecule has 0 atom stereocenters. The van der Waals surface area contributed by atoms with Crippen LogP contribution in [0.25, 0.3) is 0 Å². The molecule has 2 rings (SSSR count). The molecule has 18 heavy (non-hydrogen) atoms. The molecule has 1 heterocycles. The molecule has 1 aromatic carbocycles. The van der Waals surface area contributed by atoms with Crippen LogP contribution in [0.15, 0.2) is 46.9 Å². The highest BCUT2D eigenvalue weighted by Gasteiger charge is 2.02. The van der Waals surface area contributed by atoms with Crippen molar-refractivity contribution < 1.29 is 9.90 Å². The van der Waals surface area contributed by atoms with E-state index in [2.05, 4.69) is 10.5 Å². The Balaban J connectivity index is 1.88. The van der Waals surface area contributed by atoms with Crippen LogP contribution in [0, 0.1) is 0 Å². The van der Waals surface area contributed by atoms with Crippen molar-refractivity contribution in [2.24, 2.45) is 5.10 Å². The molecule has 0 aliphatic carbocycles. The first-order valence-corrected chi connectivity index (χ1v) is 6.26. The number of phenols is 1. The van der Waals surface area contributed by atoms with Crippen molar-refractivity contribution in [3.05, 3.63) is 52.2 Å². The minimum Gasteiger partial charge on any atom is -0.507 e. The number of carbonyl (C=O) groups excluding carboxylic acids is 1. The van der Waals surface area contributed by atoms with E-state index in [0.717, 1.165) is 4.88 Å². The van der Waals surface area contributed by atoms with Crippen molar-refractivity contribution in [3.8, 4) is 5.75 Å². The highest BCUT2D eigenvalue weighted by molar-refractivity contribution is 7.10. The zero-order chi connectivity index (χ0) is 12.8. The van der Waals surface area contributed by atoms with Crippen molar-refractivity contribution in [2.45, 2.75) is 6.42 Å². The van der Waals surface area contributed by atoms with Crippen molar-refractivity contribution in [2.75, 3.05) is 0 Å². The number of aromatic hydroxyl groups is 1. The van der Waals surface area contributed by atoms with Gasteiger partial charge in [-0.25, -0.2) is 5.43 Å². The third-order valence-corrected chi connectivity index (χ3v) is 3.12. The molecule has 1 aromatic heterocycles. The molecule has 5 heteroatoms. The molecule has 0 saturated carbocycles. The summed E-state index contributed by atoms with van der Waals surface area (Å²) in [6.07, 6.45) is 1.73. The van der Waals surface area contributed by atoms with E-state index in [-0.39, 0.29) is 11.7 Å². The molecule has 0 aliphatic rings. The average molecular weight is 260 g/mol. The summed E-state index contributed by atoms with van der Waals surface area (Å²) >= 11 is 1.53. The monoisotopic (exact) mass is 260 g/mol. The van der Waals surface area contributed by atoms with E-state index in [4.69, 9.17) is 0 Å². The van der Waals surface area contributed by atoms with Gasteiger partial charge in [0.05, 0.1) is 12.6 Å². The molecular formula is C13H12N2O2S. The Morgan fingerprint density at radius 1 is 1.33 bits per heavy atom. The van der Waals surface area contributed by atoms with E-state index in [1.54, 1.807) is 24.3 Å². The van der Waals surface area contributed by atoms with E-state index in [0.29, 0.717) is 12.0 Å². The molecule has 0 radical (unpaired) electrons. The van der Waals surface area contributed by atoms with Crippen LogP contribution in [0.1, 0.15) is 10.4 Å². The van der Waals surface area contributed by atoms with E-state index in [1.807, 2.05) is 17.5 Å². The minimum atomic E-state index is -0.177. The highest BCUT2D eigenvalue weighted by atomic mass is 32.1. The third-order valence-electron chi connectivity index (χ3n) is 2.24. The molecule has 0 fully saturated rings. The van der Waals surface area contributed by atoms with Crippen molar-refractivity contribution in [3.63, 3.8) is 0 Å². The molecule has 2 N–H and O–H groups in total. The maximum Gasteiger partial charge on any atom is 0.245 e. The Bertz CT molecular complexity index is 550. The van der Waals surface area contributed by atoms with Gasteiger partial charge in [-0.3, -0.25) is 4.79 Å². The first kappa shape index (κ1) is 12.3. The van der Waals surface area contributed by atoms with Gasteiger partial charge in [0, 0.05) is 10.4 Å². The van der Waals surface area contributed by atoms with Gasteiger partial charge >= 0.3 is 0 Å². The lowest BCUT2D eigenvalue weighted by atomic mass is 10.2. The van der Waals surface area contributed by atoms with Crippen LogP contribution < -0.4 is 5.43 Å². The number of para-hydroxylation sites is 1. The van der Waals surface area contributed by atoms with Gasteiger partial charge in [0.1, 0.15) is 5.75 Å². The summed E-state index contributed by atoms with van der Waals surface area (Å²) in [4.78, 5) is 12.5. The summed E-state index contributed by atoms with van der Waals surface area (Å²) in [6, 6.07) is 10.6. The van der Waals surface area contributed by atoms with Gasteiger partial charge in [0.2, 0.25) is 5.91 Å². The normalized spacial score (nSPS) is 10.7. The number of rotatable bonds is 4. The zero-order valence-electron chi connectivity index (χ0n) is 9.54. The fraction of sp³-hybridized carbons (Fsp3) is 0.0769. The number of nitrogens with one attached hydrogen (secondary N) is 1. The average Bonchev–Trinajstić information content (AvgIpc) is 2.84. The molecule has 0 bridgehead atoms. The van der Waals surface area contributed by atoms with Crippen LogP contribution >= 0.6 is 11.3 Å². The number of nitrogens with zero attached hydrogens (tertiary/aromatic N) is 1. The number of hydrazone groups is 1. The highest BCUT2D eigenvalue weighted by Crippen LogP contribution is 2.12. The third kappa shape index (κ3) is 3.43. The van der Waals surface area contributed by atoms with Crippen LogP contribution in [0.5, 0.6) is 5.75 Å². The summed E-state index contributed by atoms with van der Waals surface area (Å²) in [5.41, 5.74) is 2.99. The first-order valence-electron chi connectivity index (χ1n) is 5.38. The van der Waals surface area contributed by atoms with Crippen molar-refractivity contribution in [1.82, 2.24) is 5.43 Å². The summed E-state index contributed by atoms with van der Waals surface area (Å²) in [6.45, 7) is 0. The van der Waals surface area contributed by atoms with Crippen LogP contribution in [-0.4, -0.2) is 17.2 Å². The molecule has 2 aromatic rings. The number of phenolic OH excluding ortho intramolecular Hbond substituents is 1. The fourth-order valence-corrected chi connectivity index (χ4v) is 2.08. The Hall–Kier alpha value is -2.14. The second kappa shape index (κ2) is 5.97. The molecule has 1 amide bonds. The quantitative estimate of drug-likeness (QED) is 0.653. The fourth-order valence-electron chi connectivity index (χ4n) is 1.38. The smallest absolute Gasteiger partial charge is 0.245 e. The summed E-state index contributed by atoms with van der Waals surface area (Å²) in [5.74, 6) is -0.0436. The Morgan fingerprint density at radius 2 is 2.17 bits per heavy atom. The molecule has 0 aliphatic heterocycles. The number of thiophene rings is 1. The van der Waals surface area contributed by atoms with Gasteiger partial charge in [0.25, 0.3) is 0 Å². The van der Waals surface area contributed by atoms with Gasteiger partial charge in [-0.1, -0.05) is 18.2 Å². The predicted octanol–water partition coefficient (Wildman–Crippen LogP) is 2.15. The summed E-state index contributed by atoms with van der Waals surface area (Å²) in [7, 11) is 0. The lowest BCUT2D eigenvalue weighted by Gasteiger charge is -1.98. The maximum absolute atomic E-state index is 11.5. The van der Waals surface area contributed by atoms with Gasteiger partial charge in [-0.05, 0) is 23.6 Å². The summed E-state index contributed by atoms with van der Waals surface area (Å²) in [5, 5.41) is 15.2. The van der Waals surface area contributed by atoms with Gasteiger partial charge in [-0.2, -0.15) is 5.10 Å². The number of carbonyl (C=O) groups is 1. The van der Waals surface area contributed by atoms with Gasteiger partial charge < -0.3 is 5.11 Å². The molecule has 4 nitrogen and oxygen atoms in total. The Kier molecular flexibility index (Phi) is 4.09. The minimum absolute atomic E-state index is 0.133. The standard InChI is InChI=1S/C13H12N2O2S/c16-12-6-2-1-4-10(12)9-14-15-13(17)8-11-5-3-7-18-11/h1-7,9,16H,8H2,(H,15,17)/b14-9-. The maximum atomic E-state index is 11.5. The molecular weight excluding hydrogens is 248 g/mol. The number of hydrogen-bond donors (Lipinski definition) is 2. The second-order valence-corrected chi connectivity index (χ2v) is 4.64. The predicted molar refractivity (Wildman–Crippen MR) is 71.9 cm³/mol. The first-order chi connectivity index (χ1) is 8.75. The van der Waals surface area contributed by atoms with E-state index in [9.17, 15) is 9.90 Å². The largest absolute Gasteiger partial charge is 0.507 e. The van der Waals surface area contributed by atoms with Crippen LogP contribution in [0.3, 0.4) is 0 Å². The SMILES string of the molecule is O=C(Cc1cccs1)N/N=C\c1ccccc1O. The van der Waals surface area contributed by atoms with Gasteiger partial charge in [-0.15, -0.1) is 11.3 Å². The second-order valence-electron chi connectivity index (χ2n) is 3.61. The molecule has 0 saturated heterocycles. The topological polar surface area (TPSA) is 61.7 Å². The molecule has 0 unspecified atom stereocenters. The summed E-state index contributed by atoms with van der Waals surface area (Å²) < 4.78 is 0. The molecule has 0 spiro atoms. The zero-order valence-corrected chi connectivity index (χ0v) is 10.4.